The molecule has 0 radical (unpaired) electrons. The van der Waals surface area contributed by atoms with E-state index in [1.165, 1.54) is 13.8 Å². The van der Waals surface area contributed by atoms with Crippen molar-refractivity contribution >= 4 is 29.1 Å². The Morgan fingerprint density at radius 1 is 1.06 bits per heavy atom. The summed E-state index contributed by atoms with van der Waals surface area (Å²) in [5.74, 6) is -2.27. The van der Waals surface area contributed by atoms with Gasteiger partial charge in [0.2, 0.25) is 0 Å². The molecule has 0 saturated carbocycles. The molecule has 0 aromatic rings. The highest BCUT2D eigenvalue weighted by Gasteiger charge is 2.31. The number of carbonyl (C=O) groups excluding carboxylic acids is 2. The first-order chi connectivity index (χ1) is 7.93. The molecule has 0 heterocycles. The molecule has 106 valence electrons. The van der Waals surface area contributed by atoms with Crippen molar-refractivity contribution < 1.29 is 23.8 Å². The number of Topliss-reactive ketones (excluding diaryl/α,β-unsaturated/α-hetero) is 1. The minimum atomic E-state index is -1.39. The van der Waals surface area contributed by atoms with E-state index in [1.54, 1.807) is 0 Å². The Hall–Kier alpha value is -0.408. The van der Waals surface area contributed by atoms with Crippen LogP contribution in [0.25, 0.3) is 0 Å². The molecule has 0 bridgehead atoms. The first-order valence-corrected chi connectivity index (χ1v) is 5.92. The lowest BCUT2D eigenvalue weighted by molar-refractivity contribution is -0.352. The normalized spacial score (nSPS) is 10.7. The quantitative estimate of drug-likeness (QED) is 0.270. The van der Waals surface area contributed by atoms with E-state index < -0.39 is 11.9 Å². The first kappa shape index (κ1) is 19.9. The molecule has 0 aliphatic heterocycles. The summed E-state index contributed by atoms with van der Waals surface area (Å²) in [5, 5.41) is 0. The van der Waals surface area contributed by atoms with Crippen molar-refractivity contribution in [2.24, 2.45) is 0 Å². The molecule has 0 aliphatic carbocycles. The van der Waals surface area contributed by atoms with Crippen LogP contribution in [0.15, 0.2) is 0 Å². The molecule has 0 saturated heterocycles. The van der Waals surface area contributed by atoms with E-state index in [4.69, 9.17) is 14.2 Å². The average molecular weight is 276 g/mol. The maximum Gasteiger partial charge on any atom is 0.326 e. The van der Waals surface area contributed by atoms with Crippen LogP contribution >= 0.6 is 0 Å². The number of esters is 1. The van der Waals surface area contributed by atoms with Crippen molar-refractivity contribution in [2.75, 3.05) is 13.2 Å². The van der Waals surface area contributed by atoms with Gasteiger partial charge in [-0.15, -0.1) is 0 Å². The number of carbonyl (C=O) groups is 2. The van der Waals surface area contributed by atoms with E-state index in [9.17, 15) is 9.59 Å². The molecule has 0 amide bonds. The van der Waals surface area contributed by atoms with Gasteiger partial charge in [0.1, 0.15) is 12.2 Å². The molecule has 0 N–H and O–H groups in total. The molecule has 0 aromatic heterocycles. The molecular formula is C12H25AlO5. The summed E-state index contributed by atoms with van der Waals surface area (Å²) in [6.07, 6.45) is 1.31. The van der Waals surface area contributed by atoms with Crippen LogP contribution in [0.2, 0.25) is 0 Å². The van der Waals surface area contributed by atoms with E-state index in [0.717, 1.165) is 12.8 Å². The second kappa shape index (κ2) is 10.5. The largest absolute Gasteiger partial charge is 0.408 e. The second-order valence-corrected chi connectivity index (χ2v) is 3.91. The minimum Gasteiger partial charge on any atom is -0.408 e. The molecule has 0 aliphatic rings. The zero-order valence-electron chi connectivity index (χ0n) is 11.1. The van der Waals surface area contributed by atoms with Gasteiger partial charge >= 0.3 is 11.9 Å². The highest BCUT2D eigenvalue weighted by atomic mass is 27.0. The van der Waals surface area contributed by atoms with E-state index in [2.05, 4.69) is 0 Å². The Labute approximate surface area is 119 Å². The fourth-order valence-corrected chi connectivity index (χ4v) is 1.12. The Bertz CT molecular complexity index is 247. The number of ether oxygens (including phenoxy) is 3. The molecule has 0 aromatic carbocycles. The van der Waals surface area contributed by atoms with Crippen molar-refractivity contribution in [1.82, 2.24) is 0 Å². The molecule has 6 heteroatoms. The van der Waals surface area contributed by atoms with Crippen molar-refractivity contribution in [3.8, 4) is 0 Å². The van der Waals surface area contributed by atoms with Gasteiger partial charge < -0.3 is 14.2 Å². The van der Waals surface area contributed by atoms with Gasteiger partial charge in [-0.1, -0.05) is 13.8 Å². The van der Waals surface area contributed by atoms with Gasteiger partial charge in [-0.25, -0.2) is 0 Å². The lowest BCUT2D eigenvalue weighted by atomic mass is 10.3. The zero-order valence-corrected chi connectivity index (χ0v) is 11.1. The summed E-state index contributed by atoms with van der Waals surface area (Å²) >= 11 is 0. The summed E-state index contributed by atoms with van der Waals surface area (Å²) in [6, 6.07) is 0. The lowest BCUT2D eigenvalue weighted by Crippen LogP contribution is -2.39. The third-order valence-corrected chi connectivity index (χ3v) is 1.83. The van der Waals surface area contributed by atoms with Crippen LogP contribution in [0.1, 0.15) is 47.0 Å². The van der Waals surface area contributed by atoms with Gasteiger partial charge in [-0.05, 0) is 19.8 Å². The number of rotatable bonds is 9. The zero-order chi connectivity index (χ0) is 13.3. The molecule has 0 unspecified atom stereocenters. The van der Waals surface area contributed by atoms with E-state index in [-0.39, 0.29) is 29.6 Å². The second-order valence-electron chi connectivity index (χ2n) is 3.91. The summed E-state index contributed by atoms with van der Waals surface area (Å²) in [6.45, 7) is 7.60. The predicted octanol–water partition coefficient (Wildman–Crippen LogP) is 0.852. The van der Waals surface area contributed by atoms with Crippen LogP contribution in [-0.2, 0) is 23.8 Å². The third kappa shape index (κ3) is 9.61. The molecular weight excluding hydrogens is 251 g/mol. The van der Waals surface area contributed by atoms with Crippen LogP contribution in [0, 0.1) is 0 Å². The lowest BCUT2D eigenvalue weighted by Gasteiger charge is -2.28. The van der Waals surface area contributed by atoms with Crippen molar-refractivity contribution in [1.29, 1.82) is 0 Å². The topological polar surface area (TPSA) is 61.8 Å². The fraction of sp³-hybridized carbons (Fsp3) is 0.833. The maximum absolute atomic E-state index is 11.4. The van der Waals surface area contributed by atoms with Crippen LogP contribution in [0.4, 0.5) is 0 Å². The Balaban J connectivity index is 0. The SMILES string of the molecule is CCCOC(C)(OCCC)OC(=O)CC(C)=O.[AlH3]. The molecule has 5 nitrogen and oxygen atoms in total. The van der Waals surface area contributed by atoms with E-state index >= 15 is 0 Å². The van der Waals surface area contributed by atoms with Gasteiger partial charge in [0.25, 0.3) is 0 Å². The van der Waals surface area contributed by atoms with Crippen LogP contribution < -0.4 is 0 Å². The van der Waals surface area contributed by atoms with Crippen molar-refractivity contribution in [3.63, 3.8) is 0 Å². The standard InChI is InChI=1S/C12H22O5.Al.3H/c1-5-7-15-12(4,16-8-6-2)17-11(14)9-10(3)13;;;;/h5-9H2,1-4H3;;;;. The molecule has 0 atom stereocenters. The van der Waals surface area contributed by atoms with E-state index in [1.807, 2.05) is 13.8 Å². The monoisotopic (exact) mass is 276 g/mol. The summed E-state index contributed by atoms with van der Waals surface area (Å²) < 4.78 is 15.8. The van der Waals surface area contributed by atoms with Crippen LogP contribution in [0.3, 0.4) is 0 Å². The predicted molar refractivity (Wildman–Crippen MR) is 72.2 cm³/mol. The summed E-state index contributed by atoms with van der Waals surface area (Å²) in [5.41, 5.74) is 0. The molecule has 0 rings (SSSR count). The van der Waals surface area contributed by atoms with Gasteiger partial charge in [-0.2, -0.15) is 0 Å². The Morgan fingerprint density at radius 2 is 1.50 bits per heavy atom. The van der Waals surface area contributed by atoms with Crippen LogP contribution in [0.5, 0.6) is 0 Å². The average Bonchev–Trinajstić information content (AvgIpc) is 2.22. The smallest absolute Gasteiger partial charge is 0.326 e. The fourth-order valence-electron chi connectivity index (χ4n) is 1.12. The van der Waals surface area contributed by atoms with Crippen LogP contribution in [-0.4, -0.2) is 48.3 Å². The van der Waals surface area contributed by atoms with E-state index in [0.29, 0.717) is 13.2 Å². The van der Waals surface area contributed by atoms with Gasteiger partial charge in [0, 0.05) is 6.92 Å². The minimum absolute atomic E-state index is 0. The molecule has 0 fully saturated rings. The Kier molecular flexibility index (Phi) is 11.6. The number of ketones is 1. The molecule has 0 spiro atoms. The highest BCUT2D eigenvalue weighted by molar-refractivity contribution is 5.94. The van der Waals surface area contributed by atoms with Gasteiger partial charge in [-0.3, -0.25) is 9.59 Å². The first-order valence-electron chi connectivity index (χ1n) is 5.92. The third-order valence-electron chi connectivity index (χ3n) is 1.83. The van der Waals surface area contributed by atoms with Crippen molar-refractivity contribution in [2.45, 2.75) is 52.9 Å². The van der Waals surface area contributed by atoms with Crippen molar-refractivity contribution in [3.05, 3.63) is 0 Å². The molecule has 18 heavy (non-hydrogen) atoms. The van der Waals surface area contributed by atoms with Gasteiger partial charge in [0.15, 0.2) is 17.4 Å². The Morgan fingerprint density at radius 3 is 1.83 bits per heavy atom. The maximum atomic E-state index is 11.4. The summed E-state index contributed by atoms with van der Waals surface area (Å²) in [4.78, 5) is 22.2. The highest BCUT2D eigenvalue weighted by Crippen LogP contribution is 2.16. The summed E-state index contributed by atoms with van der Waals surface area (Å²) in [7, 11) is 0. The van der Waals surface area contributed by atoms with Gasteiger partial charge in [0.05, 0.1) is 13.2 Å². The number of hydrogen-bond acceptors (Lipinski definition) is 5. The number of hydrogen-bond donors (Lipinski definition) is 0.